The van der Waals surface area contributed by atoms with Crippen LogP contribution in [0.4, 0.5) is 0 Å². The Labute approximate surface area is 107 Å². The Morgan fingerprint density at radius 3 is 2.88 bits per heavy atom. The fourth-order valence-corrected chi connectivity index (χ4v) is 2.80. The van der Waals surface area contributed by atoms with Crippen molar-refractivity contribution in [3.63, 3.8) is 0 Å². The second-order valence-corrected chi connectivity index (χ2v) is 5.41. The summed E-state index contributed by atoms with van der Waals surface area (Å²) in [5, 5.41) is 9.53. The number of piperidine rings is 1. The zero-order valence-electron chi connectivity index (χ0n) is 11.4. The van der Waals surface area contributed by atoms with Crippen molar-refractivity contribution in [3.05, 3.63) is 12.7 Å². The Balaban J connectivity index is 2.20. The van der Waals surface area contributed by atoms with Crippen LogP contribution in [0, 0.1) is 0 Å². The second-order valence-electron chi connectivity index (χ2n) is 5.41. The van der Waals surface area contributed by atoms with E-state index in [1.165, 1.54) is 51.6 Å². The van der Waals surface area contributed by atoms with Crippen molar-refractivity contribution in [2.45, 2.75) is 70.4 Å². The average molecular weight is 239 g/mol. The summed E-state index contributed by atoms with van der Waals surface area (Å²) in [7, 11) is 0. The Hall–Kier alpha value is -0.340. The fraction of sp³-hybridized carbons (Fsp3) is 0.867. The van der Waals surface area contributed by atoms with Gasteiger partial charge >= 0.3 is 0 Å². The van der Waals surface area contributed by atoms with E-state index in [0.717, 1.165) is 12.8 Å². The van der Waals surface area contributed by atoms with E-state index in [9.17, 15) is 5.11 Å². The molecule has 0 radical (unpaired) electrons. The van der Waals surface area contributed by atoms with Crippen molar-refractivity contribution in [2.75, 3.05) is 13.1 Å². The summed E-state index contributed by atoms with van der Waals surface area (Å²) in [6.07, 6.45) is 11.8. The fourth-order valence-electron chi connectivity index (χ4n) is 2.80. The van der Waals surface area contributed by atoms with Gasteiger partial charge in [-0.25, -0.2) is 0 Å². The molecule has 0 aromatic rings. The number of hydrogen-bond donors (Lipinski definition) is 1. The van der Waals surface area contributed by atoms with Crippen molar-refractivity contribution in [1.29, 1.82) is 0 Å². The molecule has 0 aromatic heterocycles. The topological polar surface area (TPSA) is 23.5 Å². The molecule has 0 saturated carbocycles. The minimum absolute atomic E-state index is 0.152. The molecule has 0 aromatic carbocycles. The molecule has 2 heteroatoms. The first-order valence-electron chi connectivity index (χ1n) is 7.27. The van der Waals surface area contributed by atoms with Gasteiger partial charge in [-0.15, -0.1) is 6.58 Å². The molecule has 0 bridgehead atoms. The molecule has 0 amide bonds. The number of hydrogen-bond acceptors (Lipinski definition) is 2. The Bertz CT molecular complexity index is 203. The third-order valence-electron chi connectivity index (χ3n) is 3.72. The van der Waals surface area contributed by atoms with Crippen LogP contribution in [0.15, 0.2) is 12.7 Å². The van der Waals surface area contributed by atoms with E-state index in [4.69, 9.17) is 0 Å². The van der Waals surface area contributed by atoms with Gasteiger partial charge in [-0.1, -0.05) is 18.9 Å². The first-order valence-corrected chi connectivity index (χ1v) is 7.27. The summed E-state index contributed by atoms with van der Waals surface area (Å²) in [5.74, 6) is 0. The lowest BCUT2D eigenvalue weighted by Crippen LogP contribution is -2.41. The average Bonchev–Trinajstić information content (AvgIpc) is 2.30. The highest BCUT2D eigenvalue weighted by Gasteiger charge is 2.22. The highest BCUT2D eigenvalue weighted by atomic mass is 16.3. The van der Waals surface area contributed by atoms with Crippen molar-refractivity contribution < 1.29 is 5.11 Å². The summed E-state index contributed by atoms with van der Waals surface area (Å²) in [6, 6.07) is 0.628. The van der Waals surface area contributed by atoms with E-state index in [1.807, 2.05) is 13.0 Å². The van der Waals surface area contributed by atoms with Gasteiger partial charge < -0.3 is 10.0 Å². The van der Waals surface area contributed by atoms with Gasteiger partial charge in [0.05, 0.1) is 6.10 Å². The van der Waals surface area contributed by atoms with Crippen LogP contribution in [0.25, 0.3) is 0 Å². The largest absolute Gasteiger partial charge is 0.393 e. The molecule has 1 rings (SSSR count). The van der Waals surface area contributed by atoms with Crippen molar-refractivity contribution in [3.8, 4) is 0 Å². The standard InChI is InChI=1S/C15H29NO/c1-3-4-5-6-8-11-16-12-9-7-10-15(16)13-14(2)17/h3,14-15,17H,1,4-13H2,2H3. The molecule has 0 aliphatic carbocycles. The van der Waals surface area contributed by atoms with Crippen LogP contribution in [0.1, 0.15) is 58.3 Å². The van der Waals surface area contributed by atoms with Crippen molar-refractivity contribution >= 4 is 0 Å². The maximum absolute atomic E-state index is 9.53. The maximum atomic E-state index is 9.53. The summed E-state index contributed by atoms with van der Waals surface area (Å²) < 4.78 is 0. The van der Waals surface area contributed by atoms with E-state index >= 15 is 0 Å². The first-order chi connectivity index (χ1) is 8.24. The summed E-state index contributed by atoms with van der Waals surface area (Å²) in [5.41, 5.74) is 0. The number of rotatable bonds is 8. The lowest BCUT2D eigenvalue weighted by Gasteiger charge is -2.36. The number of allylic oxidation sites excluding steroid dienone is 1. The molecule has 2 nitrogen and oxygen atoms in total. The van der Waals surface area contributed by atoms with E-state index < -0.39 is 0 Å². The number of aliphatic hydroxyl groups is 1. The monoisotopic (exact) mass is 239 g/mol. The van der Waals surface area contributed by atoms with Crippen molar-refractivity contribution in [1.82, 2.24) is 4.90 Å². The zero-order chi connectivity index (χ0) is 12.5. The number of nitrogens with zero attached hydrogens (tertiary/aromatic N) is 1. The van der Waals surface area contributed by atoms with Gasteiger partial charge in [0, 0.05) is 6.04 Å². The van der Waals surface area contributed by atoms with E-state index in [1.54, 1.807) is 0 Å². The molecule has 100 valence electrons. The molecule has 17 heavy (non-hydrogen) atoms. The van der Waals surface area contributed by atoms with Gasteiger partial charge in [0.1, 0.15) is 0 Å². The number of unbranched alkanes of at least 4 members (excludes halogenated alkanes) is 3. The summed E-state index contributed by atoms with van der Waals surface area (Å²) in [4.78, 5) is 2.60. The molecule has 1 fully saturated rings. The molecule has 1 aliphatic heterocycles. The predicted octanol–water partition coefficient (Wildman–Crippen LogP) is 3.36. The van der Waals surface area contributed by atoms with Gasteiger partial charge in [-0.3, -0.25) is 0 Å². The molecule has 2 atom stereocenters. The first kappa shape index (κ1) is 14.7. The minimum atomic E-state index is -0.152. The van der Waals surface area contributed by atoms with E-state index in [-0.39, 0.29) is 6.10 Å². The van der Waals surface area contributed by atoms with Gasteiger partial charge in [0.15, 0.2) is 0 Å². The van der Waals surface area contributed by atoms with Crippen LogP contribution in [0.3, 0.4) is 0 Å². The Kier molecular flexibility index (Phi) is 7.54. The molecular formula is C15H29NO. The van der Waals surface area contributed by atoms with Crippen LogP contribution in [-0.2, 0) is 0 Å². The zero-order valence-corrected chi connectivity index (χ0v) is 11.4. The molecule has 1 saturated heterocycles. The van der Waals surface area contributed by atoms with Crippen LogP contribution in [-0.4, -0.2) is 35.2 Å². The van der Waals surface area contributed by atoms with E-state index in [2.05, 4.69) is 11.5 Å². The second kappa shape index (κ2) is 8.71. The Morgan fingerprint density at radius 1 is 1.35 bits per heavy atom. The molecular weight excluding hydrogens is 210 g/mol. The highest BCUT2D eigenvalue weighted by molar-refractivity contribution is 4.78. The van der Waals surface area contributed by atoms with Crippen molar-refractivity contribution in [2.24, 2.45) is 0 Å². The number of aliphatic hydroxyl groups excluding tert-OH is 1. The van der Waals surface area contributed by atoms with Crippen LogP contribution < -0.4 is 0 Å². The van der Waals surface area contributed by atoms with Crippen LogP contribution in [0.2, 0.25) is 0 Å². The lowest BCUT2D eigenvalue weighted by atomic mass is 9.97. The summed E-state index contributed by atoms with van der Waals surface area (Å²) >= 11 is 0. The van der Waals surface area contributed by atoms with Crippen LogP contribution in [0.5, 0.6) is 0 Å². The predicted molar refractivity (Wildman–Crippen MR) is 74.2 cm³/mol. The third-order valence-corrected chi connectivity index (χ3v) is 3.72. The third kappa shape index (κ3) is 6.23. The smallest absolute Gasteiger partial charge is 0.0527 e. The number of likely N-dealkylation sites (tertiary alicyclic amines) is 1. The van der Waals surface area contributed by atoms with Crippen LogP contribution >= 0.6 is 0 Å². The highest BCUT2D eigenvalue weighted by Crippen LogP contribution is 2.21. The normalized spacial score (nSPS) is 23.5. The maximum Gasteiger partial charge on any atom is 0.0527 e. The Morgan fingerprint density at radius 2 is 2.18 bits per heavy atom. The molecule has 1 N–H and O–H groups in total. The van der Waals surface area contributed by atoms with Gasteiger partial charge in [0.2, 0.25) is 0 Å². The SMILES string of the molecule is C=CCCCCCN1CCCCC1CC(C)O. The summed E-state index contributed by atoms with van der Waals surface area (Å²) in [6.45, 7) is 8.12. The lowest BCUT2D eigenvalue weighted by molar-refractivity contribution is 0.0856. The quantitative estimate of drug-likeness (QED) is 0.518. The molecule has 2 unspecified atom stereocenters. The molecule has 1 heterocycles. The van der Waals surface area contributed by atoms with Gasteiger partial charge in [-0.2, -0.15) is 0 Å². The molecule has 1 aliphatic rings. The minimum Gasteiger partial charge on any atom is -0.393 e. The van der Waals surface area contributed by atoms with Gasteiger partial charge in [-0.05, 0) is 58.5 Å². The molecule has 0 spiro atoms. The van der Waals surface area contributed by atoms with Gasteiger partial charge in [0.25, 0.3) is 0 Å². The van der Waals surface area contributed by atoms with E-state index in [0.29, 0.717) is 6.04 Å².